The van der Waals surface area contributed by atoms with Crippen LogP contribution in [0.3, 0.4) is 0 Å². The number of hydrogen-bond donors (Lipinski definition) is 0. The van der Waals surface area contributed by atoms with E-state index in [-0.39, 0.29) is 18.4 Å². The van der Waals surface area contributed by atoms with Gasteiger partial charge in [-0.1, -0.05) is 0 Å². The third kappa shape index (κ3) is 5.17. The van der Waals surface area contributed by atoms with Crippen molar-refractivity contribution >= 4 is 11.6 Å². The largest absolute Gasteiger partial charge is 0.417 e. The number of piperidine rings is 1. The van der Waals surface area contributed by atoms with Crippen LogP contribution in [0.25, 0.3) is 0 Å². The maximum Gasteiger partial charge on any atom is 0.417 e. The number of rotatable bonds is 8. The molecule has 1 aromatic carbocycles. The summed E-state index contributed by atoms with van der Waals surface area (Å²) in [6, 6.07) is 5.44. The number of nitriles is 1. The molecule has 2 heterocycles. The van der Waals surface area contributed by atoms with Crippen molar-refractivity contribution in [1.29, 1.82) is 5.26 Å². The molecule has 2 saturated heterocycles. The van der Waals surface area contributed by atoms with Gasteiger partial charge < -0.3 is 24.0 Å². The summed E-state index contributed by atoms with van der Waals surface area (Å²) in [5.41, 5.74) is -1.33. The average Bonchev–Trinajstić information content (AvgIpc) is 3.15. The summed E-state index contributed by atoms with van der Waals surface area (Å²) in [5.74, 6) is 0.0417. The van der Waals surface area contributed by atoms with Crippen LogP contribution in [0.15, 0.2) is 18.2 Å². The number of nitrogens with zero attached hydrogens (tertiary/aromatic N) is 3. The molecule has 0 unspecified atom stereocenters. The first-order valence-electron chi connectivity index (χ1n) is 10.4. The van der Waals surface area contributed by atoms with Gasteiger partial charge in [-0.25, -0.2) is 0 Å². The lowest BCUT2D eigenvalue weighted by Gasteiger charge is -2.43. The number of halogens is 3. The van der Waals surface area contributed by atoms with Gasteiger partial charge >= 0.3 is 6.18 Å². The number of hydrogen-bond acceptors (Lipinski definition) is 6. The third-order valence-corrected chi connectivity index (χ3v) is 6.30. The molecule has 0 aliphatic carbocycles. The molecule has 2 aliphatic heterocycles. The van der Waals surface area contributed by atoms with Crippen LogP contribution in [-0.2, 0) is 25.2 Å². The Morgan fingerprint density at radius 1 is 1.25 bits per heavy atom. The Bertz CT molecular complexity index is 858. The fraction of sp³-hybridized carbons (Fsp3) is 0.636. The van der Waals surface area contributed by atoms with Crippen molar-refractivity contribution in [2.45, 2.75) is 12.6 Å². The van der Waals surface area contributed by atoms with Crippen LogP contribution >= 0.6 is 0 Å². The zero-order valence-corrected chi connectivity index (χ0v) is 18.3. The van der Waals surface area contributed by atoms with E-state index >= 15 is 0 Å². The van der Waals surface area contributed by atoms with Crippen molar-refractivity contribution < 1.29 is 32.2 Å². The number of amides is 1. The normalized spacial score (nSPS) is 23.2. The second kappa shape index (κ2) is 10.1. The van der Waals surface area contributed by atoms with Gasteiger partial charge in [-0.3, -0.25) is 4.79 Å². The highest BCUT2D eigenvalue weighted by Gasteiger charge is 2.51. The van der Waals surface area contributed by atoms with Crippen LogP contribution in [-0.4, -0.2) is 77.6 Å². The second-order valence-corrected chi connectivity index (χ2v) is 8.36. The molecule has 0 N–H and O–H groups in total. The lowest BCUT2D eigenvalue weighted by Crippen LogP contribution is -2.53. The predicted molar refractivity (Wildman–Crippen MR) is 110 cm³/mol. The molecule has 2 aliphatic rings. The van der Waals surface area contributed by atoms with Gasteiger partial charge in [-0.05, 0) is 30.5 Å². The number of likely N-dealkylation sites (tertiary alicyclic amines) is 1. The molecule has 2 atom stereocenters. The number of carbonyl (C=O) groups excluding carboxylic acids is 1. The van der Waals surface area contributed by atoms with Crippen LogP contribution in [0.1, 0.15) is 17.5 Å². The molecule has 7 nitrogen and oxygen atoms in total. The molecule has 176 valence electrons. The van der Waals surface area contributed by atoms with Crippen molar-refractivity contribution in [3.8, 4) is 6.07 Å². The van der Waals surface area contributed by atoms with E-state index in [2.05, 4.69) is 0 Å². The van der Waals surface area contributed by atoms with Crippen molar-refractivity contribution in [2.24, 2.45) is 11.3 Å². The van der Waals surface area contributed by atoms with E-state index in [1.807, 2.05) is 4.90 Å². The number of methoxy groups -OCH3 is 2. The second-order valence-electron chi connectivity index (χ2n) is 8.36. The number of ether oxygens (including phenoxy) is 3. The van der Waals surface area contributed by atoms with Crippen molar-refractivity contribution in [3.05, 3.63) is 29.3 Å². The third-order valence-electron chi connectivity index (χ3n) is 6.30. The van der Waals surface area contributed by atoms with Gasteiger partial charge in [0.05, 0.1) is 37.0 Å². The Balaban J connectivity index is 1.86. The lowest BCUT2D eigenvalue weighted by atomic mass is 9.74. The molecular formula is C22H28F3N3O4. The standard InChI is InChI=1S/C22H28F3N3O4/c1-30-7-8-32-15-21-13-27(20(29)12-31-2)6-5-17(21)11-28(14-21)18-4-3-16(10-26)19(9-18)22(23,24)25/h3-4,9,17H,5-8,11-15H2,1-2H3/t17-,21+/m1/s1. The highest BCUT2D eigenvalue weighted by molar-refractivity contribution is 5.77. The number of carbonyl (C=O) groups is 1. The van der Waals surface area contributed by atoms with Crippen LogP contribution in [0.2, 0.25) is 0 Å². The van der Waals surface area contributed by atoms with Gasteiger partial charge in [0.15, 0.2) is 0 Å². The fourth-order valence-electron chi connectivity index (χ4n) is 4.69. The Hall–Kier alpha value is -2.35. The highest BCUT2D eigenvalue weighted by Crippen LogP contribution is 2.45. The summed E-state index contributed by atoms with van der Waals surface area (Å²) >= 11 is 0. The zero-order chi connectivity index (χ0) is 23.4. The summed E-state index contributed by atoms with van der Waals surface area (Å²) < 4.78 is 56.3. The molecule has 0 bridgehead atoms. The van der Waals surface area contributed by atoms with Crippen LogP contribution in [0, 0.1) is 22.7 Å². The minimum absolute atomic E-state index is 0.0143. The van der Waals surface area contributed by atoms with Gasteiger partial charge in [-0.2, -0.15) is 18.4 Å². The van der Waals surface area contributed by atoms with Gasteiger partial charge in [0.1, 0.15) is 6.61 Å². The molecule has 1 amide bonds. The molecule has 0 spiro atoms. The minimum atomic E-state index is -4.61. The quantitative estimate of drug-likeness (QED) is 0.561. The van der Waals surface area contributed by atoms with E-state index in [1.165, 1.54) is 13.2 Å². The molecule has 2 fully saturated rings. The first-order valence-corrected chi connectivity index (χ1v) is 10.4. The summed E-state index contributed by atoms with van der Waals surface area (Å²) in [6.07, 6.45) is -3.89. The minimum Gasteiger partial charge on any atom is -0.382 e. The summed E-state index contributed by atoms with van der Waals surface area (Å²) in [4.78, 5) is 16.1. The number of fused-ring (bicyclic) bond motifs is 1. The van der Waals surface area contributed by atoms with Gasteiger partial charge in [0.25, 0.3) is 0 Å². The van der Waals surface area contributed by atoms with E-state index in [4.69, 9.17) is 19.5 Å². The first kappa shape index (κ1) is 24.3. The number of alkyl halides is 3. The molecule has 0 radical (unpaired) electrons. The molecular weight excluding hydrogens is 427 g/mol. The van der Waals surface area contributed by atoms with E-state index in [9.17, 15) is 18.0 Å². The van der Waals surface area contributed by atoms with Gasteiger partial charge in [0, 0.05) is 51.5 Å². The first-order chi connectivity index (χ1) is 15.2. The molecule has 10 heteroatoms. The lowest BCUT2D eigenvalue weighted by molar-refractivity contribution is -0.141. The van der Waals surface area contributed by atoms with Crippen molar-refractivity contribution in [3.63, 3.8) is 0 Å². The number of anilines is 1. The van der Waals surface area contributed by atoms with Crippen LogP contribution in [0.4, 0.5) is 18.9 Å². The summed E-state index contributed by atoms with van der Waals surface area (Å²) in [6.45, 7) is 3.21. The molecule has 0 aromatic heterocycles. The maximum atomic E-state index is 13.5. The van der Waals surface area contributed by atoms with E-state index in [1.54, 1.807) is 24.1 Å². The highest BCUT2D eigenvalue weighted by atomic mass is 19.4. The Morgan fingerprint density at radius 3 is 2.69 bits per heavy atom. The fourth-order valence-corrected chi connectivity index (χ4v) is 4.69. The van der Waals surface area contributed by atoms with Gasteiger partial charge in [-0.15, -0.1) is 0 Å². The van der Waals surface area contributed by atoms with Crippen molar-refractivity contribution in [2.75, 3.05) is 71.7 Å². The molecule has 1 aromatic rings. The Labute approximate surface area is 185 Å². The number of benzene rings is 1. The van der Waals surface area contributed by atoms with Gasteiger partial charge in [0.2, 0.25) is 5.91 Å². The van der Waals surface area contributed by atoms with Crippen LogP contribution in [0.5, 0.6) is 0 Å². The monoisotopic (exact) mass is 455 g/mol. The topological polar surface area (TPSA) is 75.0 Å². The van der Waals surface area contributed by atoms with E-state index in [0.29, 0.717) is 51.7 Å². The maximum absolute atomic E-state index is 13.5. The molecule has 3 rings (SSSR count). The summed E-state index contributed by atoms with van der Waals surface area (Å²) in [5, 5.41) is 9.08. The summed E-state index contributed by atoms with van der Waals surface area (Å²) in [7, 11) is 3.05. The Kier molecular flexibility index (Phi) is 7.64. The van der Waals surface area contributed by atoms with E-state index in [0.717, 1.165) is 12.5 Å². The van der Waals surface area contributed by atoms with Crippen molar-refractivity contribution in [1.82, 2.24) is 4.90 Å². The molecule has 0 saturated carbocycles. The van der Waals surface area contributed by atoms with Crippen LogP contribution < -0.4 is 4.90 Å². The predicted octanol–water partition coefficient (Wildman–Crippen LogP) is 2.54. The average molecular weight is 455 g/mol. The smallest absolute Gasteiger partial charge is 0.382 e. The Morgan fingerprint density at radius 2 is 2.03 bits per heavy atom. The zero-order valence-electron chi connectivity index (χ0n) is 18.3. The van der Waals surface area contributed by atoms with E-state index < -0.39 is 22.7 Å². The molecule has 32 heavy (non-hydrogen) atoms. The SMILES string of the molecule is COCCOC[C@@]12CN(C(=O)COC)CC[C@@H]1CN(c1ccc(C#N)c(C(F)(F)F)c1)C2.